The number of hydrogen-bond donors (Lipinski definition) is 3. The number of nitro benzene ring substituents is 1. The predicted octanol–water partition coefficient (Wildman–Crippen LogP) is 0.471. The third kappa shape index (κ3) is 4.20. The maximum atomic E-state index is 11.9. The van der Waals surface area contributed by atoms with Gasteiger partial charge in [-0.2, -0.15) is 0 Å². The molecule has 0 amide bonds. The molecule has 0 saturated carbocycles. The summed E-state index contributed by atoms with van der Waals surface area (Å²) in [4.78, 5) is 20.3. The number of nitrogens with one attached hydrogen (secondary N) is 1. The van der Waals surface area contributed by atoms with E-state index in [0.29, 0.717) is 0 Å². The lowest BCUT2D eigenvalue weighted by Crippen LogP contribution is -2.46. The number of carboxylic acid groups (broad SMARTS) is 1. The van der Waals surface area contributed by atoms with Gasteiger partial charge in [0.15, 0.2) is 5.60 Å². The fourth-order valence-corrected chi connectivity index (χ4v) is 3.03. The minimum atomic E-state index is -4.12. The van der Waals surface area contributed by atoms with Crippen LogP contribution in [0.1, 0.15) is 6.92 Å². The van der Waals surface area contributed by atoms with E-state index in [1.807, 2.05) is 4.72 Å². The van der Waals surface area contributed by atoms with Crippen molar-refractivity contribution in [3.8, 4) is 0 Å². The number of nitrogens with zero attached hydrogens (tertiary/aromatic N) is 1. The van der Waals surface area contributed by atoms with Crippen LogP contribution in [0.4, 0.5) is 5.69 Å². The molecule has 1 aromatic rings. The number of sulfonamides is 1. The normalized spacial score (nSPS) is 14.4. The average molecular weight is 383 g/mol. The number of carboxylic acids is 1. The SMILES string of the molecule is CC(O)(CNS(=O)(=O)c1ccc([N+](=O)[O-])c(Br)c1)C(=O)O. The molecule has 0 aliphatic rings. The molecule has 0 aliphatic carbocycles. The van der Waals surface area contributed by atoms with Crippen molar-refractivity contribution in [2.24, 2.45) is 0 Å². The molecule has 1 aromatic carbocycles. The number of benzene rings is 1. The van der Waals surface area contributed by atoms with Crippen LogP contribution in [0.15, 0.2) is 27.6 Å². The smallest absolute Gasteiger partial charge is 0.336 e. The third-order valence-corrected chi connectivity index (χ3v) is 4.53. The van der Waals surface area contributed by atoms with Crippen LogP contribution in [0.2, 0.25) is 0 Å². The Balaban J connectivity index is 3.02. The lowest BCUT2D eigenvalue weighted by Gasteiger charge is -2.18. The fraction of sp³-hybridized carbons (Fsp3) is 0.300. The molecule has 0 heterocycles. The first-order chi connectivity index (χ1) is 9.47. The van der Waals surface area contributed by atoms with Crippen LogP contribution in [0.3, 0.4) is 0 Å². The van der Waals surface area contributed by atoms with E-state index in [0.717, 1.165) is 25.1 Å². The summed E-state index contributed by atoms with van der Waals surface area (Å²) in [6.45, 7) is 0.183. The molecule has 1 unspecified atom stereocenters. The first-order valence-corrected chi connectivity index (χ1v) is 7.64. The Morgan fingerprint density at radius 2 is 2.10 bits per heavy atom. The van der Waals surface area contributed by atoms with Crippen molar-refractivity contribution in [3.63, 3.8) is 0 Å². The van der Waals surface area contributed by atoms with E-state index < -0.39 is 33.1 Å². The lowest BCUT2D eigenvalue weighted by atomic mass is 10.1. The monoisotopic (exact) mass is 382 g/mol. The first kappa shape index (κ1) is 17.5. The zero-order valence-corrected chi connectivity index (χ0v) is 13.0. The summed E-state index contributed by atoms with van der Waals surface area (Å²) in [6, 6.07) is 3.00. The van der Waals surface area contributed by atoms with E-state index in [1.54, 1.807) is 0 Å². The van der Waals surface area contributed by atoms with Crippen molar-refractivity contribution >= 4 is 37.6 Å². The van der Waals surface area contributed by atoms with Gasteiger partial charge in [0, 0.05) is 6.07 Å². The van der Waals surface area contributed by atoms with Crippen molar-refractivity contribution in [3.05, 3.63) is 32.8 Å². The van der Waals surface area contributed by atoms with Crippen LogP contribution in [0.5, 0.6) is 0 Å². The highest BCUT2D eigenvalue weighted by atomic mass is 79.9. The molecule has 116 valence electrons. The topological polar surface area (TPSA) is 147 Å². The molecule has 11 heteroatoms. The molecular weight excluding hydrogens is 372 g/mol. The van der Waals surface area contributed by atoms with E-state index >= 15 is 0 Å². The molecule has 1 rings (SSSR count). The van der Waals surface area contributed by atoms with Gasteiger partial charge < -0.3 is 10.2 Å². The second kappa shape index (κ2) is 6.05. The van der Waals surface area contributed by atoms with E-state index in [4.69, 9.17) is 5.11 Å². The number of nitro groups is 1. The van der Waals surface area contributed by atoms with Gasteiger partial charge in [-0.3, -0.25) is 10.1 Å². The Labute approximate surface area is 127 Å². The maximum absolute atomic E-state index is 11.9. The third-order valence-electron chi connectivity index (χ3n) is 2.49. The second-order valence-corrected chi connectivity index (χ2v) is 6.90. The number of hydrogen-bond acceptors (Lipinski definition) is 6. The summed E-state index contributed by atoms with van der Waals surface area (Å²) >= 11 is 2.88. The van der Waals surface area contributed by atoms with Crippen LogP contribution in [0, 0.1) is 10.1 Å². The van der Waals surface area contributed by atoms with Gasteiger partial charge in [-0.25, -0.2) is 17.9 Å². The van der Waals surface area contributed by atoms with E-state index in [9.17, 15) is 28.4 Å². The Morgan fingerprint density at radius 1 is 1.52 bits per heavy atom. The van der Waals surface area contributed by atoms with Gasteiger partial charge in [0.05, 0.1) is 20.8 Å². The minimum absolute atomic E-state index is 0.0413. The standard InChI is InChI=1S/C10H11BrN2O7S/c1-10(16,9(14)15)5-12-21(19,20)6-2-3-8(13(17)18)7(11)4-6/h2-4,12,16H,5H2,1H3,(H,14,15). The lowest BCUT2D eigenvalue weighted by molar-refractivity contribution is -0.385. The molecule has 3 N–H and O–H groups in total. The van der Waals surface area contributed by atoms with Crippen molar-refractivity contribution in [1.82, 2.24) is 4.72 Å². The summed E-state index contributed by atoms with van der Waals surface area (Å²) in [5, 5.41) is 28.8. The summed E-state index contributed by atoms with van der Waals surface area (Å²) in [5.41, 5.74) is -2.59. The Kier molecular flexibility index (Phi) is 5.04. The molecular formula is C10H11BrN2O7S. The van der Waals surface area contributed by atoms with Crippen LogP contribution < -0.4 is 4.72 Å². The van der Waals surface area contributed by atoms with Crippen LogP contribution in [-0.2, 0) is 14.8 Å². The molecule has 0 bridgehead atoms. The van der Waals surface area contributed by atoms with Gasteiger partial charge in [0.1, 0.15) is 0 Å². The van der Waals surface area contributed by atoms with Crippen molar-refractivity contribution < 1.29 is 28.3 Å². The van der Waals surface area contributed by atoms with E-state index in [-0.39, 0.29) is 15.1 Å². The molecule has 1 atom stereocenters. The molecule has 21 heavy (non-hydrogen) atoms. The zero-order valence-electron chi connectivity index (χ0n) is 10.6. The van der Waals surface area contributed by atoms with Gasteiger partial charge in [-0.05, 0) is 35.0 Å². The van der Waals surface area contributed by atoms with E-state index in [1.165, 1.54) is 0 Å². The molecule has 0 fully saturated rings. The molecule has 0 aliphatic heterocycles. The number of aliphatic hydroxyl groups is 1. The Morgan fingerprint density at radius 3 is 2.52 bits per heavy atom. The maximum Gasteiger partial charge on any atom is 0.336 e. The van der Waals surface area contributed by atoms with Gasteiger partial charge in [-0.1, -0.05) is 0 Å². The van der Waals surface area contributed by atoms with Crippen LogP contribution in [0.25, 0.3) is 0 Å². The summed E-state index contributed by atoms with van der Waals surface area (Å²) in [6.07, 6.45) is 0. The number of halogens is 1. The molecule has 0 aromatic heterocycles. The zero-order chi connectivity index (χ0) is 16.4. The summed E-state index contributed by atoms with van der Waals surface area (Å²) in [7, 11) is -4.12. The van der Waals surface area contributed by atoms with Crippen molar-refractivity contribution in [1.29, 1.82) is 0 Å². The summed E-state index contributed by atoms with van der Waals surface area (Å²) < 4.78 is 25.7. The highest BCUT2D eigenvalue weighted by Gasteiger charge is 2.32. The predicted molar refractivity (Wildman–Crippen MR) is 74.2 cm³/mol. The van der Waals surface area contributed by atoms with Gasteiger partial charge in [0.2, 0.25) is 10.0 Å². The number of carbonyl (C=O) groups is 1. The van der Waals surface area contributed by atoms with Crippen molar-refractivity contribution in [2.45, 2.75) is 17.4 Å². The first-order valence-electron chi connectivity index (χ1n) is 5.37. The minimum Gasteiger partial charge on any atom is -0.479 e. The van der Waals surface area contributed by atoms with Crippen LogP contribution >= 0.6 is 15.9 Å². The highest BCUT2D eigenvalue weighted by molar-refractivity contribution is 9.10. The molecule has 0 radical (unpaired) electrons. The Bertz CT molecular complexity index is 687. The van der Waals surface area contributed by atoms with Crippen LogP contribution in [-0.4, -0.2) is 41.7 Å². The average Bonchev–Trinajstić information content (AvgIpc) is 2.36. The van der Waals surface area contributed by atoms with Gasteiger partial charge in [0.25, 0.3) is 5.69 Å². The molecule has 9 nitrogen and oxygen atoms in total. The number of aliphatic carboxylic acids is 1. The molecule has 0 saturated heterocycles. The highest BCUT2D eigenvalue weighted by Crippen LogP contribution is 2.27. The summed E-state index contributed by atoms with van der Waals surface area (Å²) in [5.74, 6) is -1.59. The molecule has 0 spiro atoms. The Hall–Kier alpha value is -1.56. The second-order valence-electron chi connectivity index (χ2n) is 4.27. The largest absolute Gasteiger partial charge is 0.479 e. The number of rotatable bonds is 6. The van der Waals surface area contributed by atoms with Gasteiger partial charge in [-0.15, -0.1) is 0 Å². The van der Waals surface area contributed by atoms with E-state index in [2.05, 4.69) is 15.9 Å². The quantitative estimate of drug-likeness (QED) is 0.478. The van der Waals surface area contributed by atoms with Gasteiger partial charge >= 0.3 is 5.97 Å². The van der Waals surface area contributed by atoms with Crippen molar-refractivity contribution in [2.75, 3.05) is 6.54 Å². The fourth-order valence-electron chi connectivity index (χ4n) is 1.20.